The van der Waals surface area contributed by atoms with Crippen molar-refractivity contribution in [1.29, 1.82) is 0 Å². The van der Waals surface area contributed by atoms with E-state index in [9.17, 15) is 4.79 Å². The smallest absolute Gasteiger partial charge is 0.214 e. The van der Waals surface area contributed by atoms with Crippen LogP contribution in [0.3, 0.4) is 0 Å². The molecule has 0 aliphatic rings. The zero-order valence-electron chi connectivity index (χ0n) is 10.3. The maximum absolute atomic E-state index is 12.3. The summed E-state index contributed by atoms with van der Waals surface area (Å²) in [7, 11) is 1.83. The molecule has 0 aliphatic heterocycles. The number of aryl methyl sites for hydroxylation is 2. The first-order valence-corrected chi connectivity index (χ1v) is 5.70. The summed E-state index contributed by atoms with van der Waals surface area (Å²) in [6.07, 6.45) is 4.23. The highest BCUT2D eigenvalue weighted by Gasteiger charge is 2.18. The number of hydrogen-bond acceptors (Lipinski definition) is 3. The number of nitrogens with zero attached hydrogens (tertiary/aromatic N) is 4. The molecule has 0 bridgehead atoms. The zero-order chi connectivity index (χ0) is 12.4. The topological polar surface area (TPSA) is 52.7 Å². The van der Waals surface area contributed by atoms with Gasteiger partial charge in [-0.3, -0.25) is 14.2 Å². The number of carbonyl (C=O) groups excluding carboxylic acids is 1. The van der Waals surface area contributed by atoms with Gasteiger partial charge in [-0.1, -0.05) is 6.92 Å². The van der Waals surface area contributed by atoms with E-state index in [1.807, 2.05) is 14.0 Å². The van der Waals surface area contributed by atoms with Gasteiger partial charge < -0.3 is 0 Å². The molecule has 2 aromatic heterocycles. The first-order chi connectivity index (χ1) is 8.15. The molecule has 0 spiro atoms. The van der Waals surface area contributed by atoms with Crippen molar-refractivity contribution in [2.75, 3.05) is 0 Å². The Labute approximate surface area is 100 Å². The Kier molecular flexibility index (Phi) is 3.08. The summed E-state index contributed by atoms with van der Waals surface area (Å²) in [6, 6.07) is 1.75. The molecule has 2 aromatic rings. The van der Waals surface area contributed by atoms with Gasteiger partial charge in [-0.2, -0.15) is 10.2 Å². The highest BCUT2D eigenvalue weighted by atomic mass is 16.1. The van der Waals surface area contributed by atoms with E-state index in [1.54, 1.807) is 27.8 Å². The van der Waals surface area contributed by atoms with Gasteiger partial charge in [0.25, 0.3) is 0 Å². The summed E-state index contributed by atoms with van der Waals surface area (Å²) >= 11 is 0. The van der Waals surface area contributed by atoms with Crippen molar-refractivity contribution in [3.05, 3.63) is 35.4 Å². The average molecular weight is 232 g/mol. The van der Waals surface area contributed by atoms with Crippen molar-refractivity contribution in [2.24, 2.45) is 7.05 Å². The van der Waals surface area contributed by atoms with Crippen LogP contribution in [0.5, 0.6) is 0 Å². The Hall–Kier alpha value is -1.91. The molecule has 0 aliphatic carbocycles. The van der Waals surface area contributed by atoms with Crippen LogP contribution in [-0.4, -0.2) is 25.3 Å². The second-order valence-corrected chi connectivity index (χ2v) is 4.04. The molecule has 0 fully saturated rings. The van der Waals surface area contributed by atoms with E-state index in [2.05, 4.69) is 17.1 Å². The minimum absolute atomic E-state index is 0.0125. The quantitative estimate of drug-likeness (QED) is 0.752. The maximum atomic E-state index is 12.3. The highest BCUT2D eigenvalue weighted by molar-refractivity contribution is 6.08. The summed E-state index contributed by atoms with van der Waals surface area (Å²) in [4.78, 5) is 12.3. The van der Waals surface area contributed by atoms with E-state index < -0.39 is 0 Å². The monoisotopic (exact) mass is 232 g/mol. The van der Waals surface area contributed by atoms with Crippen LogP contribution in [0.1, 0.15) is 35.1 Å². The summed E-state index contributed by atoms with van der Waals surface area (Å²) in [6.45, 7) is 4.71. The van der Waals surface area contributed by atoms with Crippen LogP contribution in [0.2, 0.25) is 0 Å². The third-order valence-electron chi connectivity index (χ3n) is 2.86. The van der Waals surface area contributed by atoms with Crippen molar-refractivity contribution in [2.45, 2.75) is 26.8 Å². The molecular weight excluding hydrogens is 216 g/mol. The van der Waals surface area contributed by atoms with Crippen LogP contribution in [0.15, 0.2) is 18.5 Å². The molecular formula is C12H16N4O. The van der Waals surface area contributed by atoms with Gasteiger partial charge in [0.1, 0.15) is 5.69 Å². The van der Waals surface area contributed by atoms with Gasteiger partial charge in [0.15, 0.2) is 0 Å². The molecule has 0 aromatic carbocycles. The third kappa shape index (κ3) is 2.00. The van der Waals surface area contributed by atoms with E-state index >= 15 is 0 Å². The number of ketones is 1. The van der Waals surface area contributed by atoms with Crippen LogP contribution >= 0.6 is 0 Å². The first-order valence-electron chi connectivity index (χ1n) is 5.70. The normalized spacial score (nSPS) is 10.8. The molecule has 0 N–H and O–H groups in total. The molecule has 5 heteroatoms. The second-order valence-electron chi connectivity index (χ2n) is 4.04. The highest BCUT2D eigenvalue weighted by Crippen LogP contribution is 2.13. The molecule has 17 heavy (non-hydrogen) atoms. The predicted octanol–water partition coefficient (Wildman–Crippen LogP) is 1.57. The third-order valence-corrected chi connectivity index (χ3v) is 2.86. The molecule has 0 radical (unpaired) electrons. The van der Waals surface area contributed by atoms with Gasteiger partial charge in [0.05, 0.1) is 11.8 Å². The minimum atomic E-state index is -0.0125. The van der Waals surface area contributed by atoms with Crippen LogP contribution in [0.25, 0.3) is 0 Å². The summed E-state index contributed by atoms with van der Waals surface area (Å²) < 4.78 is 3.45. The molecule has 5 nitrogen and oxygen atoms in total. The van der Waals surface area contributed by atoms with Crippen LogP contribution in [0, 0.1) is 6.92 Å². The van der Waals surface area contributed by atoms with E-state index in [0.29, 0.717) is 11.3 Å². The standard InChI is InChI=1S/C12H16N4O/c1-4-7-16-11(5-6-13-16)12(17)10-8-14-15(3)9(10)2/h5-6,8H,4,7H2,1-3H3. The largest absolute Gasteiger partial charge is 0.287 e. The van der Waals surface area contributed by atoms with Crippen molar-refractivity contribution in [1.82, 2.24) is 19.6 Å². The van der Waals surface area contributed by atoms with Crippen molar-refractivity contribution < 1.29 is 4.79 Å². The van der Waals surface area contributed by atoms with Gasteiger partial charge >= 0.3 is 0 Å². The lowest BCUT2D eigenvalue weighted by atomic mass is 10.1. The molecule has 0 atom stereocenters. The Morgan fingerprint density at radius 3 is 2.76 bits per heavy atom. The second kappa shape index (κ2) is 4.53. The fourth-order valence-corrected chi connectivity index (χ4v) is 1.78. The van der Waals surface area contributed by atoms with Gasteiger partial charge in [0.2, 0.25) is 5.78 Å². The van der Waals surface area contributed by atoms with Crippen LogP contribution < -0.4 is 0 Å². The number of rotatable bonds is 4. The van der Waals surface area contributed by atoms with Crippen molar-refractivity contribution in [3.8, 4) is 0 Å². The minimum Gasteiger partial charge on any atom is -0.287 e. The molecule has 90 valence electrons. The Morgan fingerprint density at radius 2 is 2.18 bits per heavy atom. The molecule has 0 saturated heterocycles. The summed E-state index contributed by atoms with van der Waals surface area (Å²) in [5, 5.41) is 8.25. The Balaban J connectivity index is 2.37. The Bertz CT molecular complexity index is 538. The van der Waals surface area contributed by atoms with Gasteiger partial charge in [0, 0.05) is 25.5 Å². The van der Waals surface area contributed by atoms with E-state index in [4.69, 9.17) is 0 Å². The van der Waals surface area contributed by atoms with Crippen molar-refractivity contribution in [3.63, 3.8) is 0 Å². The fraction of sp³-hybridized carbons (Fsp3) is 0.417. The Morgan fingerprint density at radius 1 is 1.41 bits per heavy atom. The molecule has 0 amide bonds. The van der Waals surface area contributed by atoms with Crippen LogP contribution in [-0.2, 0) is 13.6 Å². The van der Waals surface area contributed by atoms with Crippen molar-refractivity contribution >= 4 is 5.78 Å². The number of hydrogen-bond donors (Lipinski definition) is 0. The summed E-state index contributed by atoms with van der Waals surface area (Å²) in [5.41, 5.74) is 2.15. The van der Waals surface area contributed by atoms with E-state index in [0.717, 1.165) is 18.7 Å². The predicted molar refractivity (Wildman–Crippen MR) is 63.9 cm³/mol. The van der Waals surface area contributed by atoms with E-state index in [-0.39, 0.29) is 5.78 Å². The summed E-state index contributed by atoms with van der Waals surface area (Å²) in [5.74, 6) is -0.0125. The molecule has 2 heterocycles. The molecule has 0 unspecified atom stereocenters. The average Bonchev–Trinajstić information content (AvgIpc) is 2.88. The number of aromatic nitrogens is 4. The lowest BCUT2D eigenvalue weighted by Crippen LogP contribution is -2.12. The fourth-order valence-electron chi connectivity index (χ4n) is 1.78. The van der Waals surface area contributed by atoms with Crippen LogP contribution in [0.4, 0.5) is 0 Å². The molecule has 2 rings (SSSR count). The maximum Gasteiger partial charge on any atom is 0.214 e. The zero-order valence-corrected chi connectivity index (χ0v) is 10.3. The first kappa shape index (κ1) is 11.6. The lowest BCUT2D eigenvalue weighted by Gasteiger charge is -2.04. The molecule has 0 saturated carbocycles. The van der Waals surface area contributed by atoms with Gasteiger partial charge in [-0.05, 0) is 19.4 Å². The SMILES string of the molecule is CCCn1nccc1C(=O)c1cnn(C)c1C. The lowest BCUT2D eigenvalue weighted by molar-refractivity contribution is 0.102. The van der Waals surface area contributed by atoms with Gasteiger partial charge in [-0.25, -0.2) is 0 Å². The van der Waals surface area contributed by atoms with Gasteiger partial charge in [-0.15, -0.1) is 0 Å². The van der Waals surface area contributed by atoms with E-state index in [1.165, 1.54) is 0 Å². The number of carbonyl (C=O) groups is 1.